The lowest BCUT2D eigenvalue weighted by atomic mass is 9.85. The van der Waals surface area contributed by atoms with E-state index in [0.717, 1.165) is 23.6 Å². The molecule has 1 saturated heterocycles. The number of sulfonamides is 1. The van der Waals surface area contributed by atoms with Crippen molar-refractivity contribution in [1.82, 2.24) is 9.29 Å². The Kier molecular flexibility index (Phi) is 5.40. The van der Waals surface area contributed by atoms with Crippen LogP contribution in [0.1, 0.15) is 42.2 Å². The zero-order chi connectivity index (χ0) is 21.6. The van der Waals surface area contributed by atoms with E-state index in [1.54, 1.807) is 16.6 Å². The average Bonchev–Trinajstić information content (AvgIpc) is 3.39. The van der Waals surface area contributed by atoms with Crippen LogP contribution in [0.4, 0.5) is 5.69 Å². The summed E-state index contributed by atoms with van der Waals surface area (Å²) in [5.74, 6) is 1.86. The number of benzene rings is 1. The zero-order valence-electron chi connectivity index (χ0n) is 17.9. The molecule has 0 spiro atoms. The van der Waals surface area contributed by atoms with Crippen LogP contribution in [0.3, 0.4) is 0 Å². The van der Waals surface area contributed by atoms with Crippen LogP contribution in [0.25, 0.3) is 10.6 Å². The molecule has 6 nitrogen and oxygen atoms in total. The lowest BCUT2D eigenvalue weighted by molar-refractivity contribution is 0.338. The Morgan fingerprint density at radius 1 is 1.06 bits per heavy atom. The molecule has 5 rings (SSSR count). The molecule has 0 atom stereocenters. The summed E-state index contributed by atoms with van der Waals surface area (Å²) in [6.07, 6.45) is 5.19. The van der Waals surface area contributed by atoms with E-state index in [1.165, 1.54) is 34.6 Å². The molecule has 0 unspecified atom stereocenters. The summed E-state index contributed by atoms with van der Waals surface area (Å²) >= 11 is 1.26. The fraction of sp³-hybridized carbons (Fsp3) is 0.435. The topological polar surface area (TPSA) is 66.7 Å². The Hall–Kier alpha value is -2.16. The minimum absolute atomic E-state index is 0.365. The van der Waals surface area contributed by atoms with Crippen molar-refractivity contribution in [3.63, 3.8) is 0 Å². The molecular weight excluding hydrogens is 430 g/mol. The highest BCUT2D eigenvalue weighted by atomic mass is 32.2. The van der Waals surface area contributed by atoms with Gasteiger partial charge in [-0.2, -0.15) is 4.31 Å². The molecule has 2 fully saturated rings. The van der Waals surface area contributed by atoms with Gasteiger partial charge in [0, 0.05) is 37.8 Å². The number of hydrogen-bond acceptors (Lipinski definition) is 6. The number of aromatic nitrogens is 1. The summed E-state index contributed by atoms with van der Waals surface area (Å²) in [5.41, 5.74) is 3.71. The highest BCUT2D eigenvalue weighted by Gasteiger charge is 2.31. The van der Waals surface area contributed by atoms with Gasteiger partial charge in [-0.05, 0) is 56.0 Å². The van der Waals surface area contributed by atoms with Crippen molar-refractivity contribution in [2.45, 2.75) is 43.2 Å². The van der Waals surface area contributed by atoms with E-state index in [2.05, 4.69) is 41.9 Å². The number of aryl methyl sites for hydroxylation is 1. The largest absolute Gasteiger partial charge is 0.440 e. The van der Waals surface area contributed by atoms with Crippen LogP contribution < -0.4 is 4.90 Å². The van der Waals surface area contributed by atoms with Gasteiger partial charge in [0.15, 0.2) is 11.7 Å². The maximum Gasteiger partial charge on any atom is 0.252 e. The first kappa shape index (κ1) is 20.7. The molecule has 2 aliphatic rings. The number of hydrogen-bond donors (Lipinski definition) is 0. The zero-order valence-corrected chi connectivity index (χ0v) is 19.5. The average molecular weight is 458 g/mol. The highest BCUT2D eigenvalue weighted by Crippen LogP contribution is 2.39. The third-order valence-electron chi connectivity index (χ3n) is 6.55. The first-order valence-corrected chi connectivity index (χ1v) is 13.1. The van der Waals surface area contributed by atoms with E-state index in [9.17, 15) is 8.42 Å². The summed E-state index contributed by atoms with van der Waals surface area (Å²) in [6.45, 7) is 6.58. The summed E-state index contributed by atoms with van der Waals surface area (Å²) in [5, 5.41) is 0. The van der Waals surface area contributed by atoms with Gasteiger partial charge >= 0.3 is 0 Å². The molecule has 0 radical (unpaired) electrons. The first-order valence-electron chi connectivity index (χ1n) is 10.8. The lowest BCUT2D eigenvalue weighted by Gasteiger charge is -2.36. The van der Waals surface area contributed by atoms with Gasteiger partial charge in [0.25, 0.3) is 10.0 Å². The number of thiophene rings is 1. The van der Waals surface area contributed by atoms with E-state index in [-0.39, 0.29) is 0 Å². The Morgan fingerprint density at radius 3 is 2.55 bits per heavy atom. The second-order valence-corrected chi connectivity index (χ2v) is 11.7. The lowest BCUT2D eigenvalue weighted by Crippen LogP contribution is -2.48. The molecule has 31 heavy (non-hydrogen) atoms. The molecule has 3 heterocycles. The molecule has 2 aromatic heterocycles. The molecule has 3 aromatic rings. The second kappa shape index (κ2) is 8.07. The minimum atomic E-state index is -3.51. The van der Waals surface area contributed by atoms with Crippen LogP contribution >= 0.6 is 11.3 Å². The number of nitrogens with zero attached hydrogens (tertiary/aromatic N) is 3. The smallest absolute Gasteiger partial charge is 0.252 e. The molecule has 0 bridgehead atoms. The van der Waals surface area contributed by atoms with Crippen molar-refractivity contribution in [3.05, 3.63) is 53.5 Å². The fourth-order valence-electron chi connectivity index (χ4n) is 4.21. The normalized spacial score (nSPS) is 18.3. The molecule has 1 aliphatic carbocycles. The van der Waals surface area contributed by atoms with Crippen LogP contribution in [0.15, 0.2) is 45.2 Å². The van der Waals surface area contributed by atoms with E-state index in [1.807, 2.05) is 6.07 Å². The molecule has 1 saturated carbocycles. The van der Waals surface area contributed by atoms with Gasteiger partial charge < -0.3 is 9.32 Å². The Bertz CT molecular complexity index is 1190. The summed E-state index contributed by atoms with van der Waals surface area (Å²) in [6, 6.07) is 9.81. The molecule has 164 valence electrons. The van der Waals surface area contributed by atoms with Crippen LogP contribution in [0, 0.1) is 13.8 Å². The van der Waals surface area contributed by atoms with Crippen molar-refractivity contribution in [1.29, 1.82) is 0 Å². The molecular formula is C23H27N3O3S2. The van der Waals surface area contributed by atoms with Crippen molar-refractivity contribution in [3.8, 4) is 10.6 Å². The van der Waals surface area contributed by atoms with Crippen molar-refractivity contribution < 1.29 is 12.8 Å². The van der Waals surface area contributed by atoms with E-state index in [0.29, 0.717) is 42.1 Å². The number of anilines is 1. The number of piperazine rings is 1. The van der Waals surface area contributed by atoms with Crippen LogP contribution in [0.2, 0.25) is 0 Å². The van der Waals surface area contributed by atoms with Crippen molar-refractivity contribution in [2.24, 2.45) is 0 Å². The third kappa shape index (κ3) is 3.81. The van der Waals surface area contributed by atoms with Gasteiger partial charge in [-0.3, -0.25) is 0 Å². The number of rotatable bonds is 5. The predicted octanol–water partition coefficient (Wildman–Crippen LogP) is 4.80. The SMILES string of the molecule is Cc1cccc(N2CCN(S(=O)(=O)c3ccc(-c4cnc(C5CCC5)o4)s3)CC2)c1C. The first-order chi connectivity index (χ1) is 14.9. The Morgan fingerprint density at radius 2 is 1.84 bits per heavy atom. The highest BCUT2D eigenvalue weighted by molar-refractivity contribution is 7.91. The standard InChI is InChI=1S/C23H27N3O3S2/c1-16-5-3-8-19(17(16)2)25-11-13-26(14-12-25)31(27,28)22-10-9-21(30-22)20-15-24-23(29-20)18-6-4-7-18/h3,5,8-10,15,18H,4,6-7,11-14H2,1-2H3. The third-order valence-corrected chi connectivity index (χ3v) is 10.0. The molecule has 1 aromatic carbocycles. The molecule has 0 amide bonds. The van der Waals surface area contributed by atoms with Gasteiger partial charge in [0.2, 0.25) is 0 Å². The van der Waals surface area contributed by atoms with Crippen LogP contribution in [-0.4, -0.2) is 43.9 Å². The monoisotopic (exact) mass is 457 g/mol. The molecule has 1 aliphatic heterocycles. The quantitative estimate of drug-likeness (QED) is 0.551. The van der Waals surface area contributed by atoms with E-state index >= 15 is 0 Å². The fourth-order valence-corrected chi connectivity index (χ4v) is 7.04. The minimum Gasteiger partial charge on any atom is -0.440 e. The van der Waals surface area contributed by atoms with E-state index < -0.39 is 10.0 Å². The van der Waals surface area contributed by atoms with Gasteiger partial charge in [-0.1, -0.05) is 18.6 Å². The second-order valence-electron chi connectivity index (χ2n) is 8.42. The van der Waals surface area contributed by atoms with Gasteiger partial charge in [0.05, 0.1) is 11.1 Å². The van der Waals surface area contributed by atoms with Gasteiger partial charge in [-0.15, -0.1) is 11.3 Å². The molecule has 0 N–H and O–H groups in total. The summed E-state index contributed by atoms with van der Waals surface area (Å²) < 4.78 is 34.4. The number of oxazole rings is 1. The summed E-state index contributed by atoms with van der Waals surface area (Å²) in [4.78, 5) is 7.49. The van der Waals surface area contributed by atoms with Crippen molar-refractivity contribution in [2.75, 3.05) is 31.1 Å². The van der Waals surface area contributed by atoms with Gasteiger partial charge in [-0.25, -0.2) is 13.4 Å². The van der Waals surface area contributed by atoms with E-state index in [4.69, 9.17) is 4.42 Å². The summed E-state index contributed by atoms with van der Waals surface area (Å²) in [7, 11) is -3.51. The van der Waals surface area contributed by atoms with Crippen molar-refractivity contribution >= 4 is 27.0 Å². The van der Waals surface area contributed by atoms with Gasteiger partial charge in [0.1, 0.15) is 4.21 Å². The Labute approximate surface area is 187 Å². The maximum atomic E-state index is 13.2. The van der Waals surface area contributed by atoms with Crippen LogP contribution in [-0.2, 0) is 10.0 Å². The Balaban J connectivity index is 1.29. The predicted molar refractivity (Wildman–Crippen MR) is 123 cm³/mol. The van der Waals surface area contributed by atoms with Crippen LogP contribution in [0.5, 0.6) is 0 Å². The maximum absolute atomic E-state index is 13.2. The molecule has 8 heteroatoms.